The SMILES string of the molecule is CN=C(NCc1cn2c(n1)CCCC2)N1CCCC1.I. The second kappa shape index (κ2) is 7.28. The van der Waals surface area contributed by atoms with E-state index in [0.717, 1.165) is 44.3 Å². The van der Waals surface area contributed by atoms with Crippen molar-refractivity contribution >= 4 is 29.9 Å². The molecule has 0 aromatic carbocycles. The van der Waals surface area contributed by atoms with Crippen LogP contribution >= 0.6 is 24.0 Å². The second-order valence-corrected chi connectivity index (χ2v) is 5.39. The average Bonchev–Trinajstić information content (AvgIpc) is 3.08. The summed E-state index contributed by atoms with van der Waals surface area (Å²) in [5, 5.41) is 3.44. The first kappa shape index (κ1) is 15.6. The summed E-state index contributed by atoms with van der Waals surface area (Å²) in [5.41, 5.74) is 1.14. The van der Waals surface area contributed by atoms with E-state index in [1.807, 2.05) is 7.05 Å². The van der Waals surface area contributed by atoms with Crippen molar-refractivity contribution in [2.24, 2.45) is 4.99 Å². The number of nitrogens with one attached hydrogen (secondary N) is 1. The number of hydrogen-bond acceptors (Lipinski definition) is 2. The summed E-state index contributed by atoms with van der Waals surface area (Å²) in [7, 11) is 1.86. The van der Waals surface area contributed by atoms with Gasteiger partial charge >= 0.3 is 0 Å². The van der Waals surface area contributed by atoms with Gasteiger partial charge in [0, 0.05) is 39.3 Å². The van der Waals surface area contributed by atoms with Crippen LogP contribution in [0, 0.1) is 0 Å². The summed E-state index contributed by atoms with van der Waals surface area (Å²) in [4.78, 5) is 11.4. The smallest absolute Gasteiger partial charge is 0.193 e. The predicted octanol–water partition coefficient (Wildman–Crippen LogP) is 2.01. The zero-order valence-corrected chi connectivity index (χ0v) is 14.5. The van der Waals surface area contributed by atoms with E-state index in [-0.39, 0.29) is 24.0 Å². The first-order valence-corrected chi connectivity index (χ1v) is 7.37. The summed E-state index contributed by atoms with van der Waals surface area (Å²) >= 11 is 0. The van der Waals surface area contributed by atoms with Crippen molar-refractivity contribution in [3.63, 3.8) is 0 Å². The van der Waals surface area contributed by atoms with Gasteiger partial charge in [0.1, 0.15) is 5.82 Å². The number of aliphatic imine (C=N–C) groups is 1. The zero-order chi connectivity index (χ0) is 13.1. The first-order chi connectivity index (χ1) is 9.36. The molecule has 1 aromatic rings. The molecule has 0 bridgehead atoms. The fourth-order valence-corrected chi connectivity index (χ4v) is 2.99. The molecule has 3 heterocycles. The molecule has 6 heteroatoms. The van der Waals surface area contributed by atoms with E-state index in [9.17, 15) is 0 Å². The Morgan fingerprint density at radius 2 is 2.00 bits per heavy atom. The molecule has 0 unspecified atom stereocenters. The van der Waals surface area contributed by atoms with Crippen molar-refractivity contribution < 1.29 is 0 Å². The van der Waals surface area contributed by atoms with Gasteiger partial charge in [-0.05, 0) is 25.7 Å². The Morgan fingerprint density at radius 3 is 2.70 bits per heavy atom. The summed E-state index contributed by atoms with van der Waals surface area (Å²) < 4.78 is 2.30. The fraction of sp³-hybridized carbons (Fsp3) is 0.714. The Kier molecular flexibility index (Phi) is 5.68. The predicted molar refractivity (Wildman–Crippen MR) is 91.6 cm³/mol. The van der Waals surface area contributed by atoms with Crippen molar-refractivity contribution in [2.45, 2.75) is 45.2 Å². The maximum absolute atomic E-state index is 4.71. The van der Waals surface area contributed by atoms with Crippen LogP contribution in [0.1, 0.15) is 37.2 Å². The van der Waals surface area contributed by atoms with Gasteiger partial charge in [-0.25, -0.2) is 4.98 Å². The van der Waals surface area contributed by atoms with Gasteiger partial charge < -0.3 is 14.8 Å². The number of aryl methyl sites for hydroxylation is 2. The summed E-state index contributed by atoms with van der Waals surface area (Å²) in [6.45, 7) is 4.16. The van der Waals surface area contributed by atoms with E-state index >= 15 is 0 Å². The molecule has 20 heavy (non-hydrogen) atoms. The van der Waals surface area contributed by atoms with Gasteiger partial charge in [0.05, 0.1) is 12.2 Å². The molecule has 2 aliphatic rings. The topological polar surface area (TPSA) is 45.5 Å². The molecule has 1 aromatic heterocycles. The number of guanidine groups is 1. The van der Waals surface area contributed by atoms with Crippen LogP contribution in [-0.2, 0) is 19.5 Å². The van der Waals surface area contributed by atoms with E-state index < -0.39 is 0 Å². The van der Waals surface area contributed by atoms with Crippen LogP contribution in [0.4, 0.5) is 0 Å². The van der Waals surface area contributed by atoms with Crippen LogP contribution in [0.15, 0.2) is 11.2 Å². The Bertz CT molecular complexity index is 439. The number of likely N-dealkylation sites (tertiary alicyclic amines) is 1. The third-order valence-corrected chi connectivity index (χ3v) is 4.00. The van der Waals surface area contributed by atoms with Crippen molar-refractivity contribution in [3.8, 4) is 0 Å². The van der Waals surface area contributed by atoms with Gasteiger partial charge in [0.2, 0.25) is 0 Å². The minimum absolute atomic E-state index is 0. The van der Waals surface area contributed by atoms with Gasteiger partial charge in [-0.2, -0.15) is 0 Å². The van der Waals surface area contributed by atoms with Crippen molar-refractivity contribution in [3.05, 3.63) is 17.7 Å². The molecule has 0 atom stereocenters. The quantitative estimate of drug-likeness (QED) is 0.478. The molecule has 1 saturated heterocycles. The molecule has 1 fully saturated rings. The Hall–Kier alpha value is -0.790. The van der Waals surface area contributed by atoms with E-state index in [2.05, 4.69) is 26.0 Å². The Morgan fingerprint density at radius 1 is 1.25 bits per heavy atom. The number of fused-ring (bicyclic) bond motifs is 1. The van der Waals surface area contributed by atoms with Gasteiger partial charge in [-0.3, -0.25) is 4.99 Å². The molecular formula is C14H24IN5. The van der Waals surface area contributed by atoms with E-state index in [4.69, 9.17) is 4.98 Å². The summed E-state index contributed by atoms with van der Waals surface area (Å²) in [6, 6.07) is 0. The van der Waals surface area contributed by atoms with Crippen LogP contribution in [0.5, 0.6) is 0 Å². The van der Waals surface area contributed by atoms with Gasteiger partial charge in [0.25, 0.3) is 0 Å². The number of rotatable bonds is 2. The standard InChI is InChI=1S/C14H23N5.HI/c1-15-14(18-7-4-5-8-18)16-10-12-11-19-9-3-2-6-13(19)17-12;/h11H,2-10H2,1H3,(H,15,16);1H. The molecule has 0 spiro atoms. The van der Waals surface area contributed by atoms with Crippen LogP contribution < -0.4 is 5.32 Å². The normalized spacial score (nSPS) is 18.6. The summed E-state index contributed by atoms with van der Waals surface area (Å²) in [6.07, 6.45) is 8.43. The molecule has 0 aliphatic carbocycles. The lowest BCUT2D eigenvalue weighted by Gasteiger charge is -2.20. The molecule has 3 rings (SSSR count). The molecule has 112 valence electrons. The number of hydrogen-bond donors (Lipinski definition) is 1. The molecule has 0 saturated carbocycles. The average molecular weight is 389 g/mol. The third kappa shape index (κ3) is 3.45. The van der Waals surface area contributed by atoms with Crippen LogP contribution in [0.2, 0.25) is 0 Å². The fourth-order valence-electron chi connectivity index (χ4n) is 2.99. The lowest BCUT2D eigenvalue weighted by Crippen LogP contribution is -2.39. The molecule has 0 radical (unpaired) electrons. The highest BCUT2D eigenvalue weighted by Gasteiger charge is 2.16. The first-order valence-electron chi connectivity index (χ1n) is 7.37. The van der Waals surface area contributed by atoms with E-state index in [1.54, 1.807) is 0 Å². The molecule has 5 nitrogen and oxygen atoms in total. The van der Waals surface area contributed by atoms with Crippen LogP contribution in [0.3, 0.4) is 0 Å². The lowest BCUT2D eigenvalue weighted by atomic mass is 10.2. The highest BCUT2D eigenvalue weighted by Crippen LogP contribution is 2.14. The number of imidazole rings is 1. The summed E-state index contributed by atoms with van der Waals surface area (Å²) in [5.74, 6) is 2.27. The van der Waals surface area contributed by atoms with Crippen molar-refractivity contribution in [1.82, 2.24) is 19.8 Å². The largest absolute Gasteiger partial charge is 0.351 e. The third-order valence-electron chi connectivity index (χ3n) is 4.00. The number of halogens is 1. The highest BCUT2D eigenvalue weighted by molar-refractivity contribution is 14.0. The molecule has 2 aliphatic heterocycles. The molecule has 0 amide bonds. The number of aromatic nitrogens is 2. The van der Waals surface area contributed by atoms with Crippen LogP contribution in [-0.4, -0.2) is 40.5 Å². The maximum atomic E-state index is 4.71. The molecule has 1 N–H and O–H groups in total. The Balaban J connectivity index is 0.00000147. The van der Waals surface area contributed by atoms with Crippen LogP contribution in [0.25, 0.3) is 0 Å². The van der Waals surface area contributed by atoms with Gasteiger partial charge in [-0.1, -0.05) is 0 Å². The lowest BCUT2D eigenvalue weighted by molar-refractivity contribution is 0.493. The monoisotopic (exact) mass is 389 g/mol. The van der Waals surface area contributed by atoms with E-state index in [1.165, 1.54) is 31.5 Å². The van der Waals surface area contributed by atoms with Crippen molar-refractivity contribution in [2.75, 3.05) is 20.1 Å². The molecular weight excluding hydrogens is 365 g/mol. The highest BCUT2D eigenvalue weighted by atomic mass is 127. The second-order valence-electron chi connectivity index (χ2n) is 5.39. The van der Waals surface area contributed by atoms with Crippen molar-refractivity contribution in [1.29, 1.82) is 0 Å². The van der Waals surface area contributed by atoms with Gasteiger partial charge in [-0.15, -0.1) is 24.0 Å². The van der Waals surface area contributed by atoms with E-state index in [0.29, 0.717) is 0 Å². The number of nitrogens with zero attached hydrogens (tertiary/aromatic N) is 4. The maximum Gasteiger partial charge on any atom is 0.193 e. The minimum atomic E-state index is 0. The minimum Gasteiger partial charge on any atom is -0.351 e. The van der Waals surface area contributed by atoms with Gasteiger partial charge in [0.15, 0.2) is 5.96 Å². The zero-order valence-electron chi connectivity index (χ0n) is 12.1. The Labute approximate surface area is 137 Å².